The Morgan fingerprint density at radius 1 is 0.864 bits per heavy atom. The molecule has 0 fully saturated rings. The number of halogens is 1. The number of hydrogen-bond acceptors (Lipinski definition) is 2. The highest BCUT2D eigenvalue weighted by molar-refractivity contribution is 6.31. The molecule has 0 N–H and O–H groups in total. The van der Waals surface area contributed by atoms with Gasteiger partial charge in [-0.2, -0.15) is 0 Å². The highest BCUT2D eigenvalue weighted by Crippen LogP contribution is 2.32. The van der Waals surface area contributed by atoms with Crippen LogP contribution in [0.5, 0.6) is 0 Å². The average Bonchev–Trinajstić information content (AvgIpc) is 2.95. The van der Waals surface area contributed by atoms with Crippen LogP contribution in [0.1, 0.15) is 0 Å². The molecule has 3 aromatic heterocycles. The maximum absolute atomic E-state index is 6.21. The SMILES string of the molecule is Clc1ccc2c(c1)c1ncccc1c1nc3ccccc3n21. The molecule has 0 spiro atoms. The number of fused-ring (bicyclic) bond motifs is 8. The van der Waals surface area contributed by atoms with Crippen LogP contribution in [0.4, 0.5) is 0 Å². The van der Waals surface area contributed by atoms with Gasteiger partial charge >= 0.3 is 0 Å². The van der Waals surface area contributed by atoms with Crippen molar-refractivity contribution in [3.05, 3.63) is 65.8 Å². The molecule has 0 saturated carbocycles. The van der Waals surface area contributed by atoms with Crippen LogP contribution in [0.15, 0.2) is 60.8 Å². The van der Waals surface area contributed by atoms with Gasteiger partial charge in [0.05, 0.1) is 22.1 Å². The molecule has 22 heavy (non-hydrogen) atoms. The molecular weight excluding hydrogens is 294 g/mol. The Kier molecular flexibility index (Phi) is 2.27. The molecule has 0 unspecified atom stereocenters. The number of nitrogens with zero attached hydrogens (tertiary/aromatic N) is 3. The van der Waals surface area contributed by atoms with Crippen molar-refractivity contribution < 1.29 is 0 Å². The van der Waals surface area contributed by atoms with Crippen molar-refractivity contribution in [2.75, 3.05) is 0 Å². The van der Waals surface area contributed by atoms with Crippen LogP contribution >= 0.6 is 11.6 Å². The molecule has 5 rings (SSSR count). The first-order valence-corrected chi connectivity index (χ1v) is 7.44. The lowest BCUT2D eigenvalue weighted by molar-refractivity contribution is 1.30. The van der Waals surface area contributed by atoms with Crippen LogP contribution < -0.4 is 0 Å². The fourth-order valence-corrected chi connectivity index (χ4v) is 3.32. The van der Waals surface area contributed by atoms with E-state index in [2.05, 4.69) is 21.5 Å². The van der Waals surface area contributed by atoms with Gasteiger partial charge in [-0.05, 0) is 42.5 Å². The molecule has 0 aliphatic rings. The zero-order chi connectivity index (χ0) is 14.7. The van der Waals surface area contributed by atoms with Crippen LogP contribution in [0.25, 0.3) is 38.5 Å². The van der Waals surface area contributed by atoms with E-state index in [1.165, 1.54) is 0 Å². The van der Waals surface area contributed by atoms with Gasteiger partial charge in [-0.3, -0.25) is 9.38 Å². The molecule has 3 heterocycles. The van der Waals surface area contributed by atoms with E-state index in [-0.39, 0.29) is 0 Å². The van der Waals surface area contributed by atoms with Gasteiger partial charge in [0.15, 0.2) is 0 Å². The highest BCUT2D eigenvalue weighted by Gasteiger charge is 2.13. The third-order valence-corrected chi connectivity index (χ3v) is 4.30. The lowest BCUT2D eigenvalue weighted by Gasteiger charge is -2.08. The summed E-state index contributed by atoms with van der Waals surface area (Å²) < 4.78 is 2.19. The highest BCUT2D eigenvalue weighted by atomic mass is 35.5. The summed E-state index contributed by atoms with van der Waals surface area (Å²) in [5, 5.41) is 2.79. The van der Waals surface area contributed by atoms with Gasteiger partial charge in [-0.15, -0.1) is 0 Å². The van der Waals surface area contributed by atoms with Crippen molar-refractivity contribution in [2.24, 2.45) is 0 Å². The monoisotopic (exact) mass is 303 g/mol. The lowest BCUT2D eigenvalue weighted by atomic mass is 10.1. The van der Waals surface area contributed by atoms with Crippen LogP contribution in [0.3, 0.4) is 0 Å². The number of imidazole rings is 1. The molecule has 0 aliphatic heterocycles. The molecule has 2 aromatic carbocycles. The van der Waals surface area contributed by atoms with Crippen LogP contribution in [-0.2, 0) is 0 Å². The van der Waals surface area contributed by atoms with E-state index in [0.717, 1.165) is 38.5 Å². The van der Waals surface area contributed by atoms with Crippen molar-refractivity contribution in [2.45, 2.75) is 0 Å². The minimum atomic E-state index is 0.711. The molecule has 0 amide bonds. The zero-order valence-electron chi connectivity index (χ0n) is 11.5. The van der Waals surface area contributed by atoms with Crippen molar-refractivity contribution in [1.29, 1.82) is 0 Å². The Bertz CT molecular complexity index is 1190. The van der Waals surface area contributed by atoms with E-state index in [1.54, 1.807) is 0 Å². The van der Waals surface area contributed by atoms with Gasteiger partial charge in [0.2, 0.25) is 0 Å². The second-order valence-electron chi connectivity index (χ2n) is 5.32. The third-order valence-electron chi connectivity index (χ3n) is 4.06. The Morgan fingerprint density at radius 3 is 2.73 bits per heavy atom. The summed E-state index contributed by atoms with van der Waals surface area (Å²) in [6.07, 6.45) is 1.81. The number of benzene rings is 2. The summed E-state index contributed by atoms with van der Waals surface area (Å²) in [6, 6.07) is 18.1. The van der Waals surface area contributed by atoms with Gasteiger partial charge in [-0.1, -0.05) is 23.7 Å². The maximum atomic E-state index is 6.21. The summed E-state index contributed by atoms with van der Waals surface area (Å²) in [7, 11) is 0. The fourth-order valence-electron chi connectivity index (χ4n) is 3.14. The van der Waals surface area contributed by atoms with E-state index in [4.69, 9.17) is 16.6 Å². The van der Waals surface area contributed by atoms with Crippen LogP contribution in [0.2, 0.25) is 5.02 Å². The molecule has 5 aromatic rings. The normalized spacial score (nSPS) is 11.9. The maximum Gasteiger partial charge on any atom is 0.147 e. The Morgan fingerprint density at radius 2 is 1.77 bits per heavy atom. The predicted molar refractivity (Wildman–Crippen MR) is 90.5 cm³/mol. The van der Waals surface area contributed by atoms with Crippen molar-refractivity contribution in [3.63, 3.8) is 0 Å². The fraction of sp³-hybridized carbons (Fsp3) is 0. The molecule has 0 radical (unpaired) electrons. The van der Waals surface area contributed by atoms with Gasteiger partial charge in [0.1, 0.15) is 5.65 Å². The minimum Gasteiger partial charge on any atom is -0.292 e. The second kappa shape index (κ2) is 4.18. The van der Waals surface area contributed by atoms with Gasteiger partial charge < -0.3 is 0 Å². The zero-order valence-corrected chi connectivity index (χ0v) is 12.2. The molecule has 0 bridgehead atoms. The van der Waals surface area contributed by atoms with E-state index in [1.807, 2.05) is 48.7 Å². The first-order chi connectivity index (χ1) is 10.8. The van der Waals surface area contributed by atoms with Gasteiger partial charge in [-0.25, -0.2) is 4.98 Å². The number of pyridine rings is 2. The summed E-state index contributed by atoms with van der Waals surface area (Å²) in [5.74, 6) is 0. The second-order valence-corrected chi connectivity index (χ2v) is 5.76. The van der Waals surface area contributed by atoms with E-state index >= 15 is 0 Å². The summed E-state index contributed by atoms with van der Waals surface area (Å²) in [5.41, 5.74) is 5.01. The Balaban J connectivity index is 2.23. The first-order valence-electron chi connectivity index (χ1n) is 7.06. The van der Waals surface area contributed by atoms with Crippen molar-refractivity contribution >= 4 is 50.1 Å². The Labute approximate surface area is 130 Å². The van der Waals surface area contributed by atoms with E-state index in [9.17, 15) is 0 Å². The number of aromatic nitrogens is 3. The topological polar surface area (TPSA) is 30.2 Å². The summed E-state index contributed by atoms with van der Waals surface area (Å²) in [6.45, 7) is 0. The van der Waals surface area contributed by atoms with E-state index < -0.39 is 0 Å². The average molecular weight is 304 g/mol. The number of para-hydroxylation sites is 2. The molecule has 0 atom stereocenters. The molecular formula is C18H10ClN3. The molecule has 104 valence electrons. The number of hydrogen-bond donors (Lipinski definition) is 0. The van der Waals surface area contributed by atoms with Crippen LogP contribution in [-0.4, -0.2) is 14.4 Å². The van der Waals surface area contributed by atoms with Crippen LogP contribution in [0, 0.1) is 0 Å². The van der Waals surface area contributed by atoms with Gasteiger partial charge in [0, 0.05) is 22.0 Å². The Hall–Kier alpha value is -2.65. The third kappa shape index (κ3) is 1.46. The first kappa shape index (κ1) is 12.0. The number of rotatable bonds is 0. The lowest BCUT2D eigenvalue weighted by Crippen LogP contribution is -1.92. The van der Waals surface area contributed by atoms with Crippen molar-refractivity contribution in [1.82, 2.24) is 14.4 Å². The molecule has 4 heteroatoms. The molecule has 0 saturated heterocycles. The largest absolute Gasteiger partial charge is 0.292 e. The van der Waals surface area contributed by atoms with E-state index in [0.29, 0.717) is 5.02 Å². The minimum absolute atomic E-state index is 0.711. The molecule has 3 nitrogen and oxygen atoms in total. The standard InChI is InChI=1S/C18H10ClN3/c19-11-7-8-15-13(10-11)17-12(4-3-9-20-17)18-21-14-5-1-2-6-16(14)22(15)18/h1-10H. The predicted octanol–water partition coefficient (Wildman–Crippen LogP) is 4.84. The summed E-state index contributed by atoms with van der Waals surface area (Å²) >= 11 is 6.21. The molecule has 0 aliphatic carbocycles. The van der Waals surface area contributed by atoms with Crippen molar-refractivity contribution in [3.8, 4) is 0 Å². The quantitative estimate of drug-likeness (QED) is 0.383. The van der Waals surface area contributed by atoms with Gasteiger partial charge in [0.25, 0.3) is 0 Å². The summed E-state index contributed by atoms with van der Waals surface area (Å²) in [4.78, 5) is 9.36. The smallest absolute Gasteiger partial charge is 0.147 e.